The molecular formula is C6H12N4O2S. The van der Waals surface area contributed by atoms with E-state index in [1.165, 1.54) is 12.4 Å². The van der Waals surface area contributed by atoms with E-state index in [2.05, 4.69) is 14.9 Å². The number of aromatic nitrogens is 2. The van der Waals surface area contributed by atoms with Crippen LogP contribution in [0.15, 0.2) is 17.3 Å². The molecule has 0 saturated carbocycles. The first kappa shape index (κ1) is 10.2. The molecule has 1 heterocycles. The topological polar surface area (TPSA) is 101 Å². The van der Waals surface area contributed by atoms with E-state index in [0.29, 0.717) is 0 Å². The van der Waals surface area contributed by atoms with Gasteiger partial charge in [0.05, 0.1) is 6.20 Å². The number of H-pyrrole nitrogens is 1. The quantitative estimate of drug-likeness (QED) is 0.587. The summed E-state index contributed by atoms with van der Waals surface area (Å²) in [7, 11) is -3.45. The average Bonchev–Trinajstić information content (AvgIpc) is 2.55. The van der Waals surface area contributed by atoms with Crippen LogP contribution >= 0.6 is 0 Å². The fraction of sp³-hybridized carbons (Fsp3) is 0.500. The van der Waals surface area contributed by atoms with Crippen molar-refractivity contribution >= 4 is 10.0 Å². The number of nitrogens with two attached hydrogens (primary N) is 1. The van der Waals surface area contributed by atoms with Gasteiger partial charge in [0.15, 0.2) is 0 Å². The second kappa shape index (κ2) is 3.86. The minimum absolute atomic E-state index is 0.118. The van der Waals surface area contributed by atoms with Crippen molar-refractivity contribution in [3.63, 3.8) is 0 Å². The Morgan fingerprint density at radius 3 is 2.92 bits per heavy atom. The molecule has 0 saturated heterocycles. The van der Waals surface area contributed by atoms with Gasteiger partial charge in [0.1, 0.15) is 4.90 Å². The lowest BCUT2D eigenvalue weighted by Gasteiger charge is -2.09. The summed E-state index contributed by atoms with van der Waals surface area (Å²) in [4.78, 5) is 0.118. The minimum atomic E-state index is -3.45. The zero-order valence-electron chi connectivity index (χ0n) is 7.19. The average molecular weight is 204 g/mol. The maximum absolute atomic E-state index is 11.4. The molecule has 0 unspecified atom stereocenters. The van der Waals surface area contributed by atoms with Crippen molar-refractivity contribution in [2.24, 2.45) is 5.73 Å². The molecule has 4 N–H and O–H groups in total. The molecule has 0 aromatic carbocycles. The van der Waals surface area contributed by atoms with Crippen molar-refractivity contribution in [3.05, 3.63) is 12.4 Å². The van der Waals surface area contributed by atoms with Gasteiger partial charge in [-0.1, -0.05) is 0 Å². The Balaban J connectivity index is 2.79. The second-order valence-corrected chi connectivity index (χ2v) is 4.41. The van der Waals surface area contributed by atoms with E-state index >= 15 is 0 Å². The number of aromatic amines is 1. The molecule has 0 spiro atoms. The Bertz CT molecular complexity index is 345. The van der Waals surface area contributed by atoms with Crippen molar-refractivity contribution in [3.8, 4) is 0 Å². The Kier molecular flexibility index (Phi) is 3.02. The van der Waals surface area contributed by atoms with Crippen LogP contribution in [0, 0.1) is 0 Å². The first-order valence-electron chi connectivity index (χ1n) is 3.77. The van der Waals surface area contributed by atoms with Gasteiger partial charge in [0, 0.05) is 18.8 Å². The van der Waals surface area contributed by atoms with Gasteiger partial charge in [-0.3, -0.25) is 5.10 Å². The van der Waals surface area contributed by atoms with Crippen LogP contribution in [-0.4, -0.2) is 31.2 Å². The Morgan fingerprint density at radius 1 is 1.77 bits per heavy atom. The van der Waals surface area contributed by atoms with Gasteiger partial charge >= 0.3 is 0 Å². The maximum atomic E-state index is 11.4. The van der Waals surface area contributed by atoms with Crippen LogP contribution in [-0.2, 0) is 10.0 Å². The number of sulfonamides is 1. The first-order valence-corrected chi connectivity index (χ1v) is 5.26. The molecule has 0 amide bonds. The molecule has 0 aliphatic rings. The molecular weight excluding hydrogens is 192 g/mol. The summed E-state index contributed by atoms with van der Waals surface area (Å²) in [5.41, 5.74) is 5.28. The molecule has 0 fully saturated rings. The SMILES string of the molecule is C[C@H](CN)NS(=O)(=O)c1cn[nH]c1. The highest BCUT2D eigenvalue weighted by atomic mass is 32.2. The van der Waals surface area contributed by atoms with Gasteiger partial charge in [-0.15, -0.1) is 0 Å². The second-order valence-electron chi connectivity index (χ2n) is 2.69. The van der Waals surface area contributed by atoms with Crippen molar-refractivity contribution in [1.29, 1.82) is 0 Å². The highest BCUT2D eigenvalue weighted by molar-refractivity contribution is 7.89. The van der Waals surface area contributed by atoms with Gasteiger partial charge in [0.25, 0.3) is 0 Å². The molecule has 7 heteroatoms. The fourth-order valence-electron chi connectivity index (χ4n) is 0.767. The fourth-order valence-corrected chi connectivity index (χ4v) is 1.93. The summed E-state index contributed by atoms with van der Waals surface area (Å²) in [5.74, 6) is 0. The van der Waals surface area contributed by atoms with Crippen molar-refractivity contribution in [1.82, 2.24) is 14.9 Å². The van der Waals surface area contributed by atoms with Crippen LogP contribution in [0.25, 0.3) is 0 Å². The Morgan fingerprint density at radius 2 is 2.46 bits per heavy atom. The number of hydrogen-bond donors (Lipinski definition) is 3. The normalized spacial score (nSPS) is 14.3. The lowest BCUT2D eigenvalue weighted by Crippen LogP contribution is -2.37. The lowest BCUT2D eigenvalue weighted by molar-refractivity contribution is 0.563. The highest BCUT2D eigenvalue weighted by Crippen LogP contribution is 2.04. The Labute approximate surface area is 76.6 Å². The molecule has 1 aromatic rings. The summed E-state index contributed by atoms with van der Waals surface area (Å²) in [6.45, 7) is 1.95. The van der Waals surface area contributed by atoms with E-state index in [-0.39, 0.29) is 17.5 Å². The predicted molar refractivity (Wildman–Crippen MR) is 47.4 cm³/mol. The van der Waals surface area contributed by atoms with E-state index in [1.54, 1.807) is 6.92 Å². The van der Waals surface area contributed by atoms with Gasteiger partial charge in [-0.25, -0.2) is 13.1 Å². The smallest absolute Gasteiger partial charge is 0.243 e. The predicted octanol–water partition coefficient (Wildman–Crippen LogP) is -0.965. The molecule has 0 aliphatic carbocycles. The van der Waals surface area contributed by atoms with E-state index < -0.39 is 10.0 Å². The third-order valence-corrected chi connectivity index (χ3v) is 3.05. The standard InChI is InChI=1S/C6H12N4O2S/c1-5(2-7)10-13(11,12)6-3-8-9-4-6/h3-5,10H,2,7H2,1H3,(H,8,9)/t5-/m1/s1. The van der Waals surface area contributed by atoms with Gasteiger partial charge in [-0.05, 0) is 6.92 Å². The molecule has 6 nitrogen and oxygen atoms in total. The third-order valence-electron chi connectivity index (χ3n) is 1.49. The molecule has 0 bridgehead atoms. The largest absolute Gasteiger partial charge is 0.329 e. The molecule has 1 atom stereocenters. The summed E-state index contributed by atoms with van der Waals surface area (Å²) in [6, 6.07) is -0.278. The van der Waals surface area contributed by atoms with E-state index in [4.69, 9.17) is 5.73 Å². The van der Waals surface area contributed by atoms with Crippen LogP contribution in [0.4, 0.5) is 0 Å². The molecule has 0 radical (unpaired) electrons. The molecule has 1 aromatic heterocycles. The van der Waals surface area contributed by atoms with Crippen molar-refractivity contribution in [2.45, 2.75) is 17.9 Å². The zero-order chi connectivity index (χ0) is 9.90. The molecule has 13 heavy (non-hydrogen) atoms. The van der Waals surface area contributed by atoms with Crippen LogP contribution < -0.4 is 10.5 Å². The molecule has 1 rings (SSSR count). The van der Waals surface area contributed by atoms with Gasteiger partial charge < -0.3 is 5.73 Å². The molecule has 0 aliphatic heterocycles. The number of nitrogens with zero attached hydrogens (tertiary/aromatic N) is 1. The Hall–Kier alpha value is -0.920. The summed E-state index contributed by atoms with van der Waals surface area (Å²) in [6.07, 6.45) is 2.55. The van der Waals surface area contributed by atoms with Crippen LogP contribution in [0.1, 0.15) is 6.92 Å². The van der Waals surface area contributed by atoms with Gasteiger partial charge in [0.2, 0.25) is 10.0 Å². The zero-order valence-corrected chi connectivity index (χ0v) is 8.00. The maximum Gasteiger partial charge on any atom is 0.243 e. The number of nitrogens with one attached hydrogen (secondary N) is 2. The summed E-state index contributed by atoms with van der Waals surface area (Å²) >= 11 is 0. The van der Waals surface area contributed by atoms with E-state index in [9.17, 15) is 8.42 Å². The first-order chi connectivity index (χ1) is 6.06. The third kappa shape index (κ3) is 2.51. The van der Waals surface area contributed by atoms with Crippen molar-refractivity contribution in [2.75, 3.05) is 6.54 Å². The molecule has 74 valence electrons. The van der Waals surface area contributed by atoms with Crippen LogP contribution in [0.3, 0.4) is 0 Å². The summed E-state index contributed by atoms with van der Waals surface area (Å²) < 4.78 is 25.3. The van der Waals surface area contributed by atoms with Crippen molar-refractivity contribution < 1.29 is 8.42 Å². The van der Waals surface area contributed by atoms with Crippen LogP contribution in [0.2, 0.25) is 0 Å². The van der Waals surface area contributed by atoms with E-state index in [0.717, 1.165) is 0 Å². The number of rotatable bonds is 4. The van der Waals surface area contributed by atoms with Crippen LogP contribution in [0.5, 0.6) is 0 Å². The lowest BCUT2D eigenvalue weighted by atomic mass is 10.4. The summed E-state index contributed by atoms with van der Waals surface area (Å²) in [5, 5.41) is 5.97. The number of hydrogen-bond acceptors (Lipinski definition) is 4. The highest BCUT2D eigenvalue weighted by Gasteiger charge is 2.16. The minimum Gasteiger partial charge on any atom is -0.329 e. The monoisotopic (exact) mass is 204 g/mol. The van der Waals surface area contributed by atoms with E-state index in [1.807, 2.05) is 0 Å². The van der Waals surface area contributed by atoms with Gasteiger partial charge in [-0.2, -0.15) is 5.10 Å².